The quantitative estimate of drug-likeness (QED) is 0.368. The molecule has 0 heterocycles. The van der Waals surface area contributed by atoms with Gasteiger partial charge in [0.1, 0.15) is 11.8 Å². The molecule has 0 fully saturated rings. The van der Waals surface area contributed by atoms with E-state index in [1.54, 1.807) is 12.0 Å². The largest absolute Gasteiger partial charge is 0.497 e. The Kier molecular flexibility index (Phi) is 12.1. The van der Waals surface area contributed by atoms with Crippen LogP contribution in [0, 0.1) is 0 Å². The van der Waals surface area contributed by atoms with Crippen LogP contribution in [0.25, 0.3) is 0 Å². The fourth-order valence-corrected chi connectivity index (χ4v) is 3.93. The molecule has 2 rings (SSSR count). The number of ether oxygens (including phenoxy) is 3. The molecule has 7 nitrogen and oxygen atoms in total. The van der Waals surface area contributed by atoms with Crippen LogP contribution in [-0.2, 0) is 22.6 Å². The molecule has 0 bridgehead atoms. The SMILES string of the molecule is CCOc1ccc(CCC(=O)N(Cc2ccc(OC)cc2)C(CC)C(=O)NC(C)CC)cc1OCC. The zero-order valence-corrected chi connectivity index (χ0v) is 22.6. The van der Waals surface area contributed by atoms with Crippen LogP contribution < -0.4 is 19.5 Å². The highest BCUT2D eigenvalue weighted by atomic mass is 16.5. The third kappa shape index (κ3) is 8.47. The molecule has 0 aliphatic heterocycles. The van der Waals surface area contributed by atoms with Crippen molar-refractivity contribution in [1.29, 1.82) is 0 Å². The molecule has 0 aliphatic rings. The predicted octanol–water partition coefficient (Wildman–Crippen LogP) is 5.15. The van der Waals surface area contributed by atoms with E-state index in [1.807, 2.05) is 77.1 Å². The lowest BCUT2D eigenvalue weighted by molar-refractivity contribution is -0.141. The summed E-state index contributed by atoms with van der Waals surface area (Å²) in [5.41, 5.74) is 1.93. The van der Waals surface area contributed by atoms with Crippen LogP contribution >= 0.6 is 0 Å². The fourth-order valence-electron chi connectivity index (χ4n) is 3.93. The number of methoxy groups -OCH3 is 1. The van der Waals surface area contributed by atoms with E-state index >= 15 is 0 Å². The fraction of sp³-hybridized carbons (Fsp3) is 0.517. The van der Waals surface area contributed by atoms with E-state index in [0.29, 0.717) is 44.1 Å². The molecule has 0 saturated carbocycles. The average molecular weight is 499 g/mol. The molecule has 2 aromatic rings. The summed E-state index contributed by atoms with van der Waals surface area (Å²) in [6.45, 7) is 11.2. The molecule has 2 aromatic carbocycles. The third-order valence-corrected chi connectivity index (χ3v) is 6.13. The Hall–Kier alpha value is -3.22. The summed E-state index contributed by atoms with van der Waals surface area (Å²) >= 11 is 0. The van der Waals surface area contributed by atoms with Gasteiger partial charge in [-0.2, -0.15) is 0 Å². The molecule has 0 spiro atoms. The normalized spacial score (nSPS) is 12.4. The molecule has 1 N–H and O–H groups in total. The minimum atomic E-state index is -0.548. The lowest BCUT2D eigenvalue weighted by atomic mass is 10.0. The van der Waals surface area contributed by atoms with Crippen LogP contribution in [0.5, 0.6) is 17.2 Å². The lowest BCUT2D eigenvalue weighted by Crippen LogP contribution is -2.50. The first-order chi connectivity index (χ1) is 17.4. The summed E-state index contributed by atoms with van der Waals surface area (Å²) in [5, 5.41) is 3.05. The molecule has 0 aliphatic carbocycles. The topological polar surface area (TPSA) is 77.1 Å². The van der Waals surface area contributed by atoms with Crippen LogP contribution in [0.2, 0.25) is 0 Å². The molecule has 36 heavy (non-hydrogen) atoms. The number of benzene rings is 2. The lowest BCUT2D eigenvalue weighted by Gasteiger charge is -2.31. The number of rotatable bonds is 15. The maximum Gasteiger partial charge on any atom is 0.243 e. The number of hydrogen-bond donors (Lipinski definition) is 1. The van der Waals surface area contributed by atoms with E-state index < -0.39 is 6.04 Å². The molecule has 7 heteroatoms. The number of nitrogens with zero attached hydrogens (tertiary/aromatic N) is 1. The van der Waals surface area contributed by atoms with Gasteiger partial charge in [-0.25, -0.2) is 0 Å². The standard InChI is InChI=1S/C29H42N2O5/c1-7-21(5)30-29(33)25(8-2)31(20-23-11-15-24(34-6)16-12-23)28(32)18-14-22-13-17-26(35-9-3)27(19-22)36-10-4/h11-13,15-17,19,21,25H,7-10,14,18,20H2,1-6H3,(H,30,33). The van der Waals surface area contributed by atoms with Crippen molar-refractivity contribution in [2.45, 2.75) is 78.9 Å². The van der Waals surface area contributed by atoms with Crippen molar-refractivity contribution < 1.29 is 23.8 Å². The summed E-state index contributed by atoms with van der Waals surface area (Å²) in [4.78, 5) is 28.4. The van der Waals surface area contributed by atoms with Crippen LogP contribution in [0.1, 0.15) is 65.0 Å². The molecule has 2 atom stereocenters. The van der Waals surface area contributed by atoms with Crippen molar-refractivity contribution in [2.24, 2.45) is 0 Å². The van der Waals surface area contributed by atoms with E-state index in [2.05, 4.69) is 5.32 Å². The Morgan fingerprint density at radius 2 is 1.53 bits per heavy atom. The third-order valence-electron chi connectivity index (χ3n) is 6.13. The highest BCUT2D eigenvalue weighted by molar-refractivity contribution is 5.88. The Labute approximate surface area is 216 Å². The first-order valence-corrected chi connectivity index (χ1v) is 13.0. The van der Waals surface area contributed by atoms with Crippen LogP contribution in [0.4, 0.5) is 0 Å². The number of aryl methyl sites for hydroxylation is 1. The molecule has 2 unspecified atom stereocenters. The van der Waals surface area contributed by atoms with Gasteiger partial charge in [-0.05, 0) is 75.4 Å². The van der Waals surface area contributed by atoms with Gasteiger partial charge in [0.25, 0.3) is 0 Å². The Morgan fingerprint density at radius 1 is 0.889 bits per heavy atom. The Bertz CT molecular complexity index is 961. The van der Waals surface area contributed by atoms with Gasteiger partial charge in [-0.1, -0.05) is 32.0 Å². The average Bonchev–Trinajstić information content (AvgIpc) is 2.89. The number of amides is 2. The zero-order chi connectivity index (χ0) is 26.5. The molecule has 198 valence electrons. The summed E-state index contributed by atoms with van der Waals surface area (Å²) in [7, 11) is 1.62. The number of hydrogen-bond acceptors (Lipinski definition) is 5. The van der Waals surface area contributed by atoms with Crippen LogP contribution in [0.3, 0.4) is 0 Å². The molecule has 0 aromatic heterocycles. The van der Waals surface area contributed by atoms with Crippen molar-refractivity contribution >= 4 is 11.8 Å². The van der Waals surface area contributed by atoms with Crippen LogP contribution in [0.15, 0.2) is 42.5 Å². The van der Waals surface area contributed by atoms with Gasteiger partial charge in [0.05, 0.1) is 20.3 Å². The van der Waals surface area contributed by atoms with Crippen LogP contribution in [-0.4, -0.2) is 49.1 Å². The van der Waals surface area contributed by atoms with Gasteiger partial charge in [0, 0.05) is 19.0 Å². The number of carbonyl (C=O) groups excluding carboxylic acids is 2. The number of nitrogens with one attached hydrogen (secondary N) is 1. The predicted molar refractivity (Wildman–Crippen MR) is 143 cm³/mol. The van der Waals surface area contributed by atoms with Crippen molar-refractivity contribution in [3.8, 4) is 17.2 Å². The van der Waals surface area contributed by atoms with Gasteiger partial charge < -0.3 is 24.4 Å². The first-order valence-electron chi connectivity index (χ1n) is 13.0. The molecule has 0 radical (unpaired) electrons. The monoisotopic (exact) mass is 498 g/mol. The summed E-state index contributed by atoms with van der Waals surface area (Å²) < 4.78 is 16.6. The highest BCUT2D eigenvalue weighted by Crippen LogP contribution is 2.29. The second-order valence-corrected chi connectivity index (χ2v) is 8.76. The first kappa shape index (κ1) is 29.0. The summed E-state index contributed by atoms with van der Waals surface area (Å²) in [6.07, 6.45) is 2.17. The van der Waals surface area contributed by atoms with E-state index in [1.165, 1.54) is 0 Å². The van der Waals surface area contributed by atoms with Crippen molar-refractivity contribution in [1.82, 2.24) is 10.2 Å². The van der Waals surface area contributed by atoms with Gasteiger partial charge in [-0.15, -0.1) is 0 Å². The summed E-state index contributed by atoms with van der Waals surface area (Å²) in [6, 6.07) is 12.9. The van der Waals surface area contributed by atoms with Crippen molar-refractivity contribution in [2.75, 3.05) is 20.3 Å². The molecular weight excluding hydrogens is 456 g/mol. The van der Waals surface area contributed by atoms with Crippen molar-refractivity contribution in [3.63, 3.8) is 0 Å². The highest BCUT2D eigenvalue weighted by Gasteiger charge is 2.29. The second-order valence-electron chi connectivity index (χ2n) is 8.76. The Morgan fingerprint density at radius 3 is 2.11 bits per heavy atom. The van der Waals surface area contributed by atoms with E-state index in [-0.39, 0.29) is 24.3 Å². The van der Waals surface area contributed by atoms with Crippen molar-refractivity contribution in [3.05, 3.63) is 53.6 Å². The zero-order valence-electron chi connectivity index (χ0n) is 22.6. The molecule has 0 saturated heterocycles. The summed E-state index contributed by atoms with van der Waals surface area (Å²) in [5.74, 6) is 1.94. The minimum Gasteiger partial charge on any atom is -0.497 e. The second kappa shape index (κ2) is 15.0. The van der Waals surface area contributed by atoms with Gasteiger partial charge in [-0.3, -0.25) is 9.59 Å². The maximum absolute atomic E-state index is 13.5. The number of carbonyl (C=O) groups is 2. The van der Waals surface area contributed by atoms with Gasteiger partial charge in [0.2, 0.25) is 11.8 Å². The van der Waals surface area contributed by atoms with Gasteiger partial charge >= 0.3 is 0 Å². The van der Waals surface area contributed by atoms with E-state index in [0.717, 1.165) is 23.3 Å². The van der Waals surface area contributed by atoms with Gasteiger partial charge in [0.15, 0.2) is 11.5 Å². The minimum absolute atomic E-state index is 0.0466. The van der Waals surface area contributed by atoms with E-state index in [9.17, 15) is 9.59 Å². The smallest absolute Gasteiger partial charge is 0.243 e. The molecular formula is C29H42N2O5. The van der Waals surface area contributed by atoms with E-state index in [4.69, 9.17) is 14.2 Å². The molecule has 2 amide bonds. The maximum atomic E-state index is 13.5. The Balaban J connectivity index is 2.24.